The monoisotopic (exact) mass is 326 g/mol. The number of rotatable bonds is 6. The molecule has 0 aromatic heterocycles. The number of hydrogen-bond donors (Lipinski definition) is 1. The molecule has 124 valence electrons. The summed E-state index contributed by atoms with van der Waals surface area (Å²) in [5.41, 5.74) is 1.21. The van der Waals surface area contributed by atoms with Crippen molar-refractivity contribution in [3.63, 3.8) is 0 Å². The van der Waals surface area contributed by atoms with Crippen molar-refractivity contribution in [2.75, 3.05) is 26.5 Å². The Morgan fingerprint density at radius 1 is 1.32 bits per heavy atom. The van der Waals surface area contributed by atoms with E-state index in [0.717, 1.165) is 25.1 Å². The molecule has 1 aliphatic rings. The van der Waals surface area contributed by atoms with E-state index in [0.29, 0.717) is 25.0 Å². The fraction of sp³-hybridized carbons (Fsp3) is 0.625. The van der Waals surface area contributed by atoms with Crippen LogP contribution in [-0.4, -0.2) is 45.2 Å². The molecule has 0 unspecified atom stereocenters. The topological polar surface area (TPSA) is 58.6 Å². The average Bonchev–Trinajstić information content (AvgIpc) is 2.52. The van der Waals surface area contributed by atoms with Crippen LogP contribution < -0.4 is 10.1 Å². The summed E-state index contributed by atoms with van der Waals surface area (Å²) in [6.07, 6.45) is 3.14. The summed E-state index contributed by atoms with van der Waals surface area (Å²) < 4.78 is 30.1. The Labute approximate surface area is 133 Å². The molecule has 0 bridgehead atoms. The summed E-state index contributed by atoms with van der Waals surface area (Å²) >= 11 is 0. The lowest BCUT2D eigenvalue weighted by Crippen LogP contribution is -2.50. The van der Waals surface area contributed by atoms with Crippen LogP contribution in [0, 0.1) is 5.92 Å². The van der Waals surface area contributed by atoms with Gasteiger partial charge in [-0.15, -0.1) is 0 Å². The number of piperidine rings is 1. The highest BCUT2D eigenvalue weighted by Gasteiger charge is 2.31. The Morgan fingerprint density at radius 3 is 2.55 bits per heavy atom. The van der Waals surface area contributed by atoms with Gasteiger partial charge in [-0.3, -0.25) is 0 Å². The Bertz CT molecular complexity index is 572. The Hall–Kier alpha value is -1.11. The third kappa shape index (κ3) is 4.44. The van der Waals surface area contributed by atoms with E-state index in [-0.39, 0.29) is 0 Å². The molecule has 0 radical (unpaired) electrons. The maximum absolute atomic E-state index is 11.7. The van der Waals surface area contributed by atoms with Crippen LogP contribution in [-0.2, 0) is 16.6 Å². The molecule has 0 spiro atoms. The van der Waals surface area contributed by atoms with Gasteiger partial charge in [-0.2, -0.15) is 0 Å². The first-order chi connectivity index (χ1) is 10.4. The SMILES string of the molecule is CC[C@@H]1CN(S(C)(=O)=O)CC[C@@H]1NCc1ccc(OC)cc1. The van der Waals surface area contributed by atoms with E-state index in [1.807, 2.05) is 12.1 Å². The van der Waals surface area contributed by atoms with Crippen LogP contribution in [0.1, 0.15) is 25.3 Å². The lowest BCUT2D eigenvalue weighted by Gasteiger charge is -2.37. The standard InChI is InChI=1S/C16H26N2O3S/c1-4-14-12-18(22(3,19)20)10-9-16(14)17-11-13-5-7-15(21-2)8-6-13/h5-8,14,16-17H,4,9-12H2,1-3H3/t14-,16+/m1/s1. The molecule has 0 aliphatic carbocycles. The van der Waals surface area contributed by atoms with E-state index in [1.165, 1.54) is 11.8 Å². The van der Waals surface area contributed by atoms with Crippen LogP contribution in [0.3, 0.4) is 0 Å². The molecule has 2 rings (SSSR count). The zero-order chi connectivity index (χ0) is 16.2. The minimum absolute atomic E-state index is 0.363. The lowest BCUT2D eigenvalue weighted by molar-refractivity contribution is 0.202. The van der Waals surface area contributed by atoms with Crippen molar-refractivity contribution in [3.8, 4) is 5.75 Å². The number of nitrogens with zero attached hydrogens (tertiary/aromatic N) is 1. The molecular formula is C16H26N2O3S. The quantitative estimate of drug-likeness (QED) is 0.867. The van der Waals surface area contributed by atoms with Crippen LogP contribution >= 0.6 is 0 Å². The van der Waals surface area contributed by atoms with Gasteiger partial charge in [-0.1, -0.05) is 25.5 Å². The molecule has 0 amide bonds. The predicted molar refractivity (Wildman–Crippen MR) is 88.4 cm³/mol. The maximum Gasteiger partial charge on any atom is 0.211 e. The fourth-order valence-corrected chi connectivity index (χ4v) is 3.87. The van der Waals surface area contributed by atoms with Crippen molar-refractivity contribution in [1.29, 1.82) is 0 Å². The van der Waals surface area contributed by atoms with Crippen LogP contribution in [0.4, 0.5) is 0 Å². The smallest absolute Gasteiger partial charge is 0.211 e. The van der Waals surface area contributed by atoms with Gasteiger partial charge in [0, 0.05) is 25.7 Å². The predicted octanol–water partition coefficient (Wildman–Crippen LogP) is 1.84. The number of nitrogens with one attached hydrogen (secondary N) is 1. The number of hydrogen-bond acceptors (Lipinski definition) is 4. The average molecular weight is 326 g/mol. The third-order valence-corrected chi connectivity index (χ3v) is 5.69. The van der Waals surface area contributed by atoms with Crippen LogP contribution in [0.25, 0.3) is 0 Å². The van der Waals surface area contributed by atoms with Gasteiger partial charge in [-0.25, -0.2) is 12.7 Å². The normalized spacial score (nSPS) is 23.4. The van der Waals surface area contributed by atoms with Gasteiger partial charge in [0.1, 0.15) is 5.75 Å². The summed E-state index contributed by atoms with van der Waals surface area (Å²) in [5, 5.41) is 3.59. The summed E-state index contributed by atoms with van der Waals surface area (Å²) in [7, 11) is -1.41. The van der Waals surface area contributed by atoms with E-state index in [9.17, 15) is 8.42 Å². The van der Waals surface area contributed by atoms with E-state index in [1.54, 1.807) is 11.4 Å². The maximum atomic E-state index is 11.7. The van der Waals surface area contributed by atoms with Gasteiger partial charge >= 0.3 is 0 Å². The third-order valence-electron chi connectivity index (χ3n) is 4.42. The largest absolute Gasteiger partial charge is 0.497 e. The molecule has 1 fully saturated rings. The highest BCUT2D eigenvalue weighted by atomic mass is 32.2. The molecule has 22 heavy (non-hydrogen) atoms. The molecule has 1 heterocycles. The van der Waals surface area contributed by atoms with Gasteiger partial charge in [0.25, 0.3) is 0 Å². The van der Waals surface area contributed by atoms with E-state index in [4.69, 9.17) is 4.74 Å². The molecule has 2 atom stereocenters. The van der Waals surface area contributed by atoms with Crippen molar-refractivity contribution < 1.29 is 13.2 Å². The van der Waals surface area contributed by atoms with Crippen molar-refractivity contribution in [2.45, 2.75) is 32.4 Å². The van der Waals surface area contributed by atoms with Gasteiger partial charge in [-0.05, 0) is 30.0 Å². The van der Waals surface area contributed by atoms with E-state index in [2.05, 4.69) is 24.4 Å². The van der Waals surface area contributed by atoms with Crippen LogP contribution in [0.2, 0.25) is 0 Å². The first kappa shape index (κ1) is 17.2. The van der Waals surface area contributed by atoms with Gasteiger partial charge < -0.3 is 10.1 Å². The molecule has 6 heteroatoms. The molecule has 1 aliphatic heterocycles. The molecule has 1 aromatic rings. The highest BCUT2D eigenvalue weighted by Crippen LogP contribution is 2.22. The van der Waals surface area contributed by atoms with Crippen molar-refractivity contribution in [2.24, 2.45) is 5.92 Å². The van der Waals surface area contributed by atoms with Crippen molar-refractivity contribution >= 4 is 10.0 Å². The summed E-state index contributed by atoms with van der Waals surface area (Å²) in [5.74, 6) is 1.22. The second-order valence-electron chi connectivity index (χ2n) is 5.91. The second kappa shape index (κ2) is 7.44. The second-order valence-corrected chi connectivity index (χ2v) is 7.90. The van der Waals surface area contributed by atoms with Gasteiger partial charge in [0.15, 0.2) is 0 Å². The first-order valence-corrected chi connectivity index (χ1v) is 9.60. The summed E-state index contributed by atoms with van der Waals surface area (Å²) in [4.78, 5) is 0. The van der Waals surface area contributed by atoms with E-state index >= 15 is 0 Å². The number of methoxy groups -OCH3 is 1. The van der Waals surface area contributed by atoms with Crippen molar-refractivity contribution in [1.82, 2.24) is 9.62 Å². The molecular weight excluding hydrogens is 300 g/mol. The number of benzene rings is 1. The molecule has 1 saturated heterocycles. The highest BCUT2D eigenvalue weighted by molar-refractivity contribution is 7.88. The minimum atomic E-state index is -3.08. The number of ether oxygens (including phenoxy) is 1. The Kier molecular flexibility index (Phi) is 5.83. The summed E-state index contributed by atoms with van der Waals surface area (Å²) in [6, 6.07) is 8.39. The van der Waals surface area contributed by atoms with E-state index < -0.39 is 10.0 Å². The fourth-order valence-electron chi connectivity index (χ4n) is 2.97. The van der Waals surface area contributed by atoms with Crippen LogP contribution in [0.15, 0.2) is 24.3 Å². The van der Waals surface area contributed by atoms with Crippen LogP contribution in [0.5, 0.6) is 5.75 Å². The molecule has 5 nitrogen and oxygen atoms in total. The Morgan fingerprint density at radius 2 is 2.00 bits per heavy atom. The van der Waals surface area contributed by atoms with Gasteiger partial charge in [0.2, 0.25) is 10.0 Å². The molecule has 1 N–H and O–H groups in total. The van der Waals surface area contributed by atoms with Crippen molar-refractivity contribution in [3.05, 3.63) is 29.8 Å². The zero-order valence-corrected chi connectivity index (χ0v) is 14.4. The van der Waals surface area contributed by atoms with Gasteiger partial charge in [0.05, 0.1) is 13.4 Å². The minimum Gasteiger partial charge on any atom is -0.497 e. The lowest BCUT2D eigenvalue weighted by atomic mass is 9.91. The first-order valence-electron chi connectivity index (χ1n) is 7.75. The number of sulfonamides is 1. The zero-order valence-electron chi connectivity index (χ0n) is 13.6. The summed E-state index contributed by atoms with van der Waals surface area (Å²) in [6.45, 7) is 4.15. The molecule has 0 saturated carbocycles. The Balaban J connectivity index is 1.92. The molecule has 1 aromatic carbocycles.